The highest BCUT2D eigenvalue weighted by Crippen LogP contribution is 2.29. The minimum atomic E-state index is -0.795. The lowest BCUT2D eigenvalue weighted by atomic mass is 10.2. The van der Waals surface area contributed by atoms with Crippen molar-refractivity contribution in [3.8, 4) is 10.6 Å². The van der Waals surface area contributed by atoms with Crippen LogP contribution in [-0.2, 0) is 9.53 Å². The van der Waals surface area contributed by atoms with Crippen LogP contribution in [0.15, 0.2) is 24.3 Å². The fraction of sp³-hybridized carbons (Fsp3) is 0.450. The second kappa shape index (κ2) is 8.85. The van der Waals surface area contributed by atoms with Gasteiger partial charge in [0, 0.05) is 23.7 Å². The third-order valence-corrected chi connectivity index (χ3v) is 6.06. The number of nitrogens with zero attached hydrogens (tertiary/aromatic N) is 2. The molecule has 0 bridgehead atoms. The van der Waals surface area contributed by atoms with Crippen molar-refractivity contribution in [2.24, 2.45) is 0 Å². The lowest BCUT2D eigenvalue weighted by molar-refractivity contribution is -0.139. The first kappa shape index (κ1) is 19.8. The first-order chi connectivity index (χ1) is 13.0. The molecule has 2 aromatic rings. The second-order valence-electron chi connectivity index (χ2n) is 6.73. The van der Waals surface area contributed by atoms with E-state index in [9.17, 15) is 9.59 Å². The number of likely N-dealkylation sites (tertiary alicyclic amines) is 1. The summed E-state index contributed by atoms with van der Waals surface area (Å²) in [7, 11) is 0. The molecule has 1 aliphatic heterocycles. The second-order valence-corrected chi connectivity index (χ2v) is 8.16. The molecule has 1 aromatic heterocycles. The Bertz CT molecular complexity index is 811. The van der Waals surface area contributed by atoms with Crippen molar-refractivity contribution in [1.82, 2.24) is 9.88 Å². The van der Waals surface area contributed by atoms with Crippen molar-refractivity contribution in [3.63, 3.8) is 0 Å². The van der Waals surface area contributed by atoms with Crippen LogP contribution in [0.1, 0.15) is 48.0 Å². The molecule has 1 aliphatic rings. The monoisotopic (exact) mass is 406 g/mol. The Hall–Kier alpha value is -1.92. The molecule has 27 heavy (non-hydrogen) atoms. The van der Waals surface area contributed by atoms with Crippen LogP contribution in [-0.4, -0.2) is 41.0 Å². The van der Waals surface area contributed by atoms with E-state index in [1.54, 1.807) is 26.0 Å². The molecule has 144 valence electrons. The smallest absolute Gasteiger partial charge is 0.351 e. The standard InChI is InChI=1S/C20H23ClN2O3S/c1-13-17(27-18(22-13)15-7-9-16(21)10-8-15)20(25)26-14(2)19(24)23-11-5-3-4-6-12-23/h7-10,14H,3-6,11-12H2,1-2H3/t14-/m1/s1. The maximum Gasteiger partial charge on any atom is 0.351 e. The Labute approximate surface area is 168 Å². The predicted octanol–water partition coefficient (Wildman–Crippen LogP) is 4.72. The number of hydrogen-bond donors (Lipinski definition) is 0. The molecule has 1 saturated heterocycles. The maximum atomic E-state index is 12.6. The van der Waals surface area contributed by atoms with Crippen LogP contribution in [0, 0.1) is 6.92 Å². The van der Waals surface area contributed by atoms with Crippen LogP contribution in [0.3, 0.4) is 0 Å². The first-order valence-corrected chi connectivity index (χ1v) is 10.4. The molecule has 0 saturated carbocycles. The zero-order valence-electron chi connectivity index (χ0n) is 15.5. The van der Waals surface area contributed by atoms with E-state index in [1.165, 1.54) is 11.3 Å². The topological polar surface area (TPSA) is 59.5 Å². The van der Waals surface area contributed by atoms with Crippen molar-refractivity contribution >= 4 is 34.8 Å². The number of halogens is 1. The Morgan fingerprint density at radius 3 is 2.41 bits per heavy atom. The third-order valence-electron chi connectivity index (χ3n) is 4.62. The van der Waals surface area contributed by atoms with Gasteiger partial charge < -0.3 is 9.64 Å². The average molecular weight is 407 g/mol. The molecule has 1 aromatic carbocycles. The third kappa shape index (κ3) is 4.87. The van der Waals surface area contributed by atoms with Gasteiger partial charge in [-0.1, -0.05) is 36.6 Å². The number of benzene rings is 1. The number of aromatic nitrogens is 1. The highest BCUT2D eigenvalue weighted by atomic mass is 35.5. The molecule has 2 heterocycles. The highest BCUT2D eigenvalue weighted by Gasteiger charge is 2.26. The van der Waals surface area contributed by atoms with Crippen LogP contribution >= 0.6 is 22.9 Å². The number of aryl methyl sites for hydroxylation is 1. The summed E-state index contributed by atoms with van der Waals surface area (Å²) in [5, 5.41) is 1.37. The van der Waals surface area contributed by atoms with Crippen molar-refractivity contribution in [1.29, 1.82) is 0 Å². The fourth-order valence-corrected chi connectivity index (χ4v) is 4.20. The van der Waals surface area contributed by atoms with Crippen LogP contribution in [0.2, 0.25) is 5.02 Å². The van der Waals surface area contributed by atoms with Crippen molar-refractivity contribution in [2.45, 2.75) is 45.6 Å². The zero-order valence-corrected chi connectivity index (χ0v) is 17.1. The molecule has 1 amide bonds. The molecule has 0 aliphatic carbocycles. The van der Waals surface area contributed by atoms with Gasteiger partial charge in [0.25, 0.3) is 5.91 Å². The molecule has 0 spiro atoms. The summed E-state index contributed by atoms with van der Waals surface area (Å²) in [6, 6.07) is 7.30. The quantitative estimate of drug-likeness (QED) is 0.689. The lowest BCUT2D eigenvalue weighted by Crippen LogP contribution is -2.40. The van der Waals surface area contributed by atoms with E-state index < -0.39 is 12.1 Å². The molecular weight excluding hydrogens is 384 g/mol. The summed E-state index contributed by atoms with van der Waals surface area (Å²) < 4.78 is 5.46. The minimum absolute atomic E-state index is 0.120. The molecule has 0 radical (unpaired) electrons. The van der Waals surface area contributed by atoms with Gasteiger partial charge in [0.1, 0.15) is 9.88 Å². The molecular formula is C20H23ClN2O3S. The molecule has 1 atom stereocenters. The summed E-state index contributed by atoms with van der Waals surface area (Å²) in [5.74, 6) is -0.619. The first-order valence-electron chi connectivity index (χ1n) is 9.19. The Morgan fingerprint density at radius 2 is 1.78 bits per heavy atom. The molecule has 0 unspecified atom stereocenters. The van der Waals surface area contributed by atoms with Crippen molar-refractivity contribution < 1.29 is 14.3 Å². The number of amides is 1. The van der Waals surface area contributed by atoms with Gasteiger partial charge in [-0.05, 0) is 38.8 Å². The minimum Gasteiger partial charge on any atom is -0.448 e. The van der Waals surface area contributed by atoms with E-state index in [2.05, 4.69) is 4.98 Å². The predicted molar refractivity (Wildman–Crippen MR) is 107 cm³/mol. The summed E-state index contributed by atoms with van der Waals surface area (Å²) in [6.07, 6.45) is 3.50. The number of carbonyl (C=O) groups excluding carboxylic acids is 2. The number of hydrogen-bond acceptors (Lipinski definition) is 5. The van der Waals surface area contributed by atoms with E-state index in [0.717, 1.165) is 49.3 Å². The summed E-state index contributed by atoms with van der Waals surface area (Å²) in [5.41, 5.74) is 1.49. The van der Waals surface area contributed by atoms with E-state index in [1.807, 2.05) is 17.0 Å². The molecule has 3 rings (SSSR count). The van der Waals surface area contributed by atoms with E-state index in [4.69, 9.17) is 16.3 Å². The number of thiazole rings is 1. The number of rotatable bonds is 4. The summed E-state index contributed by atoms with van der Waals surface area (Å²) >= 11 is 7.19. The molecule has 7 heteroatoms. The van der Waals surface area contributed by atoms with E-state index >= 15 is 0 Å². The Kier molecular flexibility index (Phi) is 6.50. The largest absolute Gasteiger partial charge is 0.448 e. The Balaban J connectivity index is 1.68. The van der Waals surface area contributed by atoms with Crippen molar-refractivity contribution in [3.05, 3.63) is 39.9 Å². The van der Waals surface area contributed by atoms with Gasteiger partial charge in [0.2, 0.25) is 0 Å². The fourth-order valence-electron chi connectivity index (χ4n) is 3.11. The lowest BCUT2D eigenvalue weighted by Gasteiger charge is -2.23. The maximum absolute atomic E-state index is 12.6. The van der Waals surface area contributed by atoms with Crippen LogP contribution in [0.5, 0.6) is 0 Å². The van der Waals surface area contributed by atoms with Gasteiger partial charge in [-0.3, -0.25) is 4.79 Å². The molecule has 0 N–H and O–H groups in total. The van der Waals surface area contributed by atoms with Gasteiger partial charge in [-0.2, -0.15) is 0 Å². The molecule has 5 nitrogen and oxygen atoms in total. The number of esters is 1. The molecule has 1 fully saturated rings. The summed E-state index contributed by atoms with van der Waals surface area (Å²) in [6.45, 7) is 4.89. The Morgan fingerprint density at radius 1 is 1.15 bits per heavy atom. The highest BCUT2D eigenvalue weighted by molar-refractivity contribution is 7.17. The van der Waals surface area contributed by atoms with E-state index in [0.29, 0.717) is 15.6 Å². The van der Waals surface area contributed by atoms with Crippen LogP contribution < -0.4 is 0 Å². The van der Waals surface area contributed by atoms with Crippen molar-refractivity contribution in [2.75, 3.05) is 13.1 Å². The van der Waals surface area contributed by atoms with E-state index in [-0.39, 0.29) is 5.91 Å². The van der Waals surface area contributed by atoms with Gasteiger partial charge in [-0.15, -0.1) is 11.3 Å². The number of ether oxygens (including phenoxy) is 1. The zero-order chi connectivity index (χ0) is 19.4. The van der Waals surface area contributed by atoms with Gasteiger partial charge in [0.15, 0.2) is 6.10 Å². The van der Waals surface area contributed by atoms with Gasteiger partial charge in [-0.25, -0.2) is 9.78 Å². The normalized spacial score (nSPS) is 15.9. The average Bonchev–Trinajstić information content (AvgIpc) is 2.86. The van der Waals surface area contributed by atoms with Gasteiger partial charge >= 0.3 is 5.97 Å². The SMILES string of the molecule is Cc1nc(-c2ccc(Cl)cc2)sc1C(=O)O[C@H](C)C(=O)N1CCCCCC1. The van der Waals surface area contributed by atoms with Gasteiger partial charge in [0.05, 0.1) is 5.69 Å². The van der Waals surface area contributed by atoms with Crippen LogP contribution in [0.4, 0.5) is 0 Å². The summed E-state index contributed by atoms with van der Waals surface area (Å²) in [4.78, 5) is 31.9. The number of carbonyl (C=O) groups is 2. The van der Waals surface area contributed by atoms with Crippen LogP contribution in [0.25, 0.3) is 10.6 Å².